The molecule has 5 heteroatoms. The molecule has 2 aromatic rings. The lowest BCUT2D eigenvalue weighted by Crippen LogP contribution is -2.40. The summed E-state index contributed by atoms with van der Waals surface area (Å²) >= 11 is 0. The zero-order valence-electron chi connectivity index (χ0n) is 16.1. The number of hydrogen-bond acceptors (Lipinski definition) is 3. The van der Waals surface area contributed by atoms with Gasteiger partial charge in [0.15, 0.2) is 0 Å². The number of anilines is 1. The van der Waals surface area contributed by atoms with E-state index < -0.39 is 5.41 Å². The predicted octanol–water partition coefficient (Wildman–Crippen LogP) is 3.39. The fourth-order valence-electron chi connectivity index (χ4n) is 3.24. The van der Waals surface area contributed by atoms with E-state index in [1.165, 1.54) is 0 Å². The predicted molar refractivity (Wildman–Crippen MR) is 106 cm³/mol. The first kappa shape index (κ1) is 19.0. The Morgan fingerprint density at radius 1 is 1.04 bits per heavy atom. The van der Waals surface area contributed by atoms with Gasteiger partial charge in [0.05, 0.1) is 7.11 Å². The highest BCUT2D eigenvalue weighted by atomic mass is 16.5. The molecule has 1 aliphatic carbocycles. The van der Waals surface area contributed by atoms with E-state index in [4.69, 9.17) is 4.74 Å². The number of methoxy groups -OCH3 is 1. The zero-order chi connectivity index (χ0) is 19.4. The monoisotopic (exact) mass is 366 g/mol. The molecule has 2 N–H and O–H groups in total. The maximum Gasteiger partial charge on any atom is 0.240 e. The van der Waals surface area contributed by atoms with E-state index in [0.717, 1.165) is 28.1 Å². The average molecular weight is 366 g/mol. The molecule has 0 radical (unpaired) electrons. The summed E-state index contributed by atoms with van der Waals surface area (Å²) in [6, 6.07) is 13.6. The molecule has 0 atom stereocenters. The minimum atomic E-state index is -0.927. The van der Waals surface area contributed by atoms with Crippen LogP contribution in [-0.4, -0.2) is 25.5 Å². The first-order chi connectivity index (χ1) is 13.0. The van der Waals surface area contributed by atoms with Gasteiger partial charge in [0.25, 0.3) is 0 Å². The van der Waals surface area contributed by atoms with Crippen LogP contribution in [-0.2, 0) is 16.0 Å². The van der Waals surface area contributed by atoms with Crippen molar-refractivity contribution >= 4 is 17.5 Å². The Labute approximate surface area is 160 Å². The lowest BCUT2D eigenvalue weighted by atomic mass is 10.0. The molecule has 2 amide bonds. The molecule has 0 aromatic heterocycles. The maximum atomic E-state index is 12.8. The van der Waals surface area contributed by atoms with Gasteiger partial charge < -0.3 is 15.4 Å². The van der Waals surface area contributed by atoms with Gasteiger partial charge in [-0.3, -0.25) is 9.59 Å². The lowest BCUT2D eigenvalue weighted by molar-refractivity contribution is -0.134. The van der Waals surface area contributed by atoms with Crippen molar-refractivity contribution in [2.45, 2.75) is 33.1 Å². The van der Waals surface area contributed by atoms with Gasteiger partial charge in [-0.15, -0.1) is 0 Å². The second kappa shape index (κ2) is 7.82. The van der Waals surface area contributed by atoms with Crippen LogP contribution in [0.2, 0.25) is 0 Å². The average Bonchev–Trinajstić information content (AvgIpc) is 3.47. The Morgan fingerprint density at radius 3 is 2.33 bits per heavy atom. The van der Waals surface area contributed by atoms with E-state index in [9.17, 15) is 9.59 Å². The zero-order valence-corrected chi connectivity index (χ0v) is 16.1. The number of benzene rings is 2. The molecule has 0 heterocycles. The molecule has 1 fully saturated rings. The molecule has 0 aliphatic heterocycles. The van der Waals surface area contributed by atoms with Crippen molar-refractivity contribution in [2.24, 2.45) is 5.41 Å². The van der Waals surface area contributed by atoms with Crippen molar-refractivity contribution in [1.82, 2.24) is 5.32 Å². The quantitative estimate of drug-likeness (QED) is 0.738. The van der Waals surface area contributed by atoms with Gasteiger partial charge >= 0.3 is 0 Å². The highest BCUT2D eigenvalue weighted by molar-refractivity contribution is 6.13. The standard InChI is InChI=1S/C22H26N2O3/c1-15-6-4-7-16(2)19(15)24-21(26)22(11-12-22)20(25)23-13-10-17-8-5-9-18(14-17)27-3/h4-9,14H,10-13H2,1-3H3,(H,23,25)(H,24,26). The molecule has 0 saturated heterocycles. The smallest absolute Gasteiger partial charge is 0.240 e. The van der Waals surface area contributed by atoms with E-state index in [1.54, 1.807) is 7.11 Å². The number of aryl methyl sites for hydroxylation is 2. The van der Waals surface area contributed by atoms with E-state index in [1.807, 2.05) is 56.3 Å². The van der Waals surface area contributed by atoms with E-state index in [-0.39, 0.29) is 11.8 Å². The summed E-state index contributed by atoms with van der Waals surface area (Å²) in [6.45, 7) is 4.40. The van der Waals surface area contributed by atoms with E-state index >= 15 is 0 Å². The van der Waals surface area contributed by atoms with Crippen LogP contribution in [0.25, 0.3) is 0 Å². The van der Waals surface area contributed by atoms with Crippen LogP contribution in [0.5, 0.6) is 5.75 Å². The van der Waals surface area contributed by atoms with Gasteiger partial charge in [-0.25, -0.2) is 0 Å². The van der Waals surface area contributed by atoms with Crippen molar-refractivity contribution in [3.8, 4) is 5.75 Å². The maximum absolute atomic E-state index is 12.8. The Morgan fingerprint density at radius 2 is 1.70 bits per heavy atom. The number of carbonyl (C=O) groups excluding carboxylic acids is 2. The summed E-state index contributed by atoms with van der Waals surface area (Å²) in [5.74, 6) is 0.401. The van der Waals surface area contributed by atoms with Gasteiger partial charge in [-0.2, -0.15) is 0 Å². The van der Waals surface area contributed by atoms with E-state index in [2.05, 4.69) is 10.6 Å². The highest BCUT2D eigenvalue weighted by Gasteiger charge is 2.56. The number of nitrogens with one attached hydrogen (secondary N) is 2. The molecule has 1 aliphatic rings. The third-order valence-corrected chi connectivity index (χ3v) is 5.17. The van der Waals surface area contributed by atoms with Gasteiger partial charge in [0, 0.05) is 12.2 Å². The molecule has 2 aromatic carbocycles. The van der Waals surface area contributed by atoms with E-state index in [0.29, 0.717) is 25.8 Å². The summed E-state index contributed by atoms with van der Waals surface area (Å²) < 4.78 is 5.21. The molecular formula is C22H26N2O3. The second-order valence-corrected chi connectivity index (χ2v) is 7.16. The van der Waals surface area contributed by atoms with Crippen LogP contribution in [0, 0.1) is 19.3 Å². The number of para-hydroxylation sites is 1. The van der Waals surface area contributed by atoms with Crippen LogP contribution >= 0.6 is 0 Å². The number of rotatable bonds is 7. The third-order valence-electron chi connectivity index (χ3n) is 5.17. The van der Waals surface area contributed by atoms with Gasteiger partial charge in [-0.1, -0.05) is 30.3 Å². The third kappa shape index (κ3) is 4.13. The second-order valence-electron chi connectivity index (χ2n) is 7.16. The van der Waals surface area contributed by atoms with Gasteiger partial charge in [-0.05, 0) is 61.9 Å². The van der Waals surface area contributed by atoms with Gasteiger partial charge in [0.2, 0.25) is 11.8 Å². The first-order valence-corrected chi connectivity index (χ1v) is 9.25. The Hall–Kier alpha value is -2.82. The largest absolute Gasteiger partial charge is 0.497 e. The molecule has 5 nitrogen and oxygen atoms in total. The van der Waals surface area contributed by atoms with Crippen LogP contribution in [0.1, 0.15) is 29.5 Å². The molecule has 0 bridgehead atoms. The van der Waals surface area contributed by atoms with Crippen molar-refractivity contribution < 1.29 is 14.3 Å². The molecule has 1 saturated carbocycles. The van der Waals surface area contributed by atoms with Gasteiger partial charge in [0.1, 0.15) is 11.2 Å². The number of amides is 2. The summed E-state index contributed by atoms with van der Waals surface area (Å²) in [6.07, 6.45) is 1.88. The lowest BCUT2D eigenvalue weighted by Gasteiger charge is -2.18. The normalized spacial score (nSPS) is 14.3. The SMILES string of the molecule is COc1cccc(CCNC(=O)C2(C(=O)Nc3c(C)cccc3C)CC2)c1. The Bertz CT molecular complexity index is 836. The number of carbonyl (C=O) groups is 2. The van der Waals surface area contributed by atoms with Crippen LogP contribution in [0.15, 0.2) is 42.5 Å². The Kier molecular flexibility index (Phi) is 5.49. The fourth-order valence-corrected chi connectivity index (χ4v) is 3.24. The first-order valence-electron chi connectivity index (χ1n) is 9.25. The van der Waals surface area contributed by atoms with Crippen LogP contribution in [0.4, 0.5) is 5.69 Å². The minimum absolute atomic E-state index is 0.186. The summed E-state index contributed by atoms with van der Waals surface area (Å²) in [5, 5.41) is 5.90. The molecule has 142 valence electrons. The van der Waals surface area contributed by atoms with Crippen molar-refractivity contribution in [3.05, 3.63) is 59.2 Å². The number of hydrogen-bond donors (Lipinski definition) is 2. The molecule has 3 rings (SSSR count). The van der Waals surface area contributed by atoms with Crippen molar-refractivity contribution in [1.29, 1.82) is 0 Å². The molecule has 0 unspecified atom stereocenters. The summed E-state index contributed by atoms with van der Waals surface area (Å²) in [7, 11) is 1.63. The summed E-state index contributed by atoms with van der Waals surface area (Å²) in [5.41, 5.74) is 2.95. The van der Waals surface area contributed by atoms with Crippen molar-refractivity contribution in [3.63, 3.8) is 0 Å². The Balaban J connectivity index is 1.58. The minimum Gasteiger partial charge on any atom is -0.497 e. The summed E-state index contributed by atoms with van der Waals surface area (Å²) in [4.78, 5) is 25.4. The molecular weight excluding hydrogens is 340 g/mol. The topological polar surface area (TPSA) is 67.4 Å². The highest BCUT2D eigenvalue weighted by Crippen LogP contribution is 2.47. The fraction of sp³-hybridized carbons (Fsp3) is 0.364. The van der Waals surface area contributed by atoms with Crippen LogP contribution in [0.3, 0.4) is 0 Å². The molecule has 27 heavy (non-hydrogen) atoms. The van der Waals surface area contributed by atoms with Crippen molar-refractivity contribution in [2.75, 3.05) is 19.0 Å². The van der Waals surface area contributed by atoms with Crippen LogP contribution < -0.4 is 15.4 Å². The molecule has 0 spiro atoms. The number of ether oxygens (including phenoxy) is 1.